The van der Waals surface area contributed by atoms with Crippen LogP contribution >= 0.6 is 0 Å². The van der Waals surface area contributed by atoms with Crippen molar-refractivity contribution in [2.24, 2.45) is 0 Å². The Labute approximate surface area is 164 Å². The molecule has 0 aliphatic heterocycles. The van der Waals surface area contributed by atoms with Gasteiger partial charge in [-0.05, 0) is 24.6 Å². The minimum Gasteiger partial charge on any atom is -0.496 e. The van der Waals surface area contributed by atoms with E-state index in [1.807, 2.05) is 61.7 Å². The Morgan fingerprint density at radius 1 is 1.07 bits per heavy atom. The molecule has 0 aliphatic carbocycles. The lowest BCUT2D eigenvalue weighted by molar-refractivity contribution is -0.128. The second kappa shape index (κ2) is 8.61. The average molecular weight is 379 g/mol. The summed E-state index contributed by atoms with van der Waals surface area (Å²) >= 11 is 0. The Bertz CT molecular complexity index is 980. The third-order valence-electron chi connectivity index (χ3n) is 4.76. The van der Waals surface area contributed by atoms with E-state index < -0.39 is 6.04 Å². The van der Waals surface area contributed by atoms with Crippen LogP contribution in [0.3, 0.4) is 0 Å². The molecule has 0 aliphatic rings. The number of methoxy groups -OCH3 is 1. The van der Waals surface area contributed by atoms with Gasteiger partial charge < -0.3 is 20.4 Å². The van der Waals surface area contributed by atoms with Crippen molar-refractivity contribution in [3.63, 3.8) is 0 Å². The number of carbonyl (C=O) groups excluding carboxylic acids is 2. The summed E-state index contributed by atoms with van der Waals surface area (Å²) in [5, 5.41) is 6.81. The van der Waals surface area contributed by atoms with Crippen LogP contribution in [0.4, 0.5) is 0 Å². The summed E-state index contributed by atoms with van der Waals surface area (Å²) in [6, 6.07) is 14.5. The first kappa shape index (κ1) is 19.5. The third kappa shape index (κ3) is 4.34. The fourth-order valence-electron chi connectivity index (χ4n) is 3.39. The first-order valence-electron chi connectivity index (χ1n) is 9.25. The molecule has 2 unspecified atom stereocenters. The Morgan fingerprint density at radius 3 is 2.54 bits per heavy atom. The zero-order valence-corrected chi connectivity index (χ0v) is 16.3. The zero-order chi connectivity index (χ0) is 20.1. The molecule has 3 rings (SSSR count). The third-order valence-corrected chi connectivity index (χ3v) is 4.76. The van der Waals surface area contributed by atoms with Crippen molar-refractivity contribution < 1.29 is 14.3 Å². The summed E-state index contributed by atoms with van der Waals surface area (Å²) in [4.78, 5) is 27.8. The molecule has 0 saturated carbocycles. The molecule has 6 heteroatoms. The largest absolute Gasteiger partial charge is 0.496 e. The smallest absolute Gasteiger partial charge is 0.243 e. The van der Waals surface area contributed by atoms with Crippen LogP contribution in [-0.2, 0) is 16.0 Å². The highest BCUT2D eigenvalue weighted by Crippen LogP contribution is 2.25. The number of aromatic amines is 1. The van der Waals surface area contributed by atoms with Crippen molar-refractivity contribution in [2.75, 3.05) is 7.11 Å². The summed E-state index contributed by atoms with van der Waals surface area (Å²) in [5.41, 5.74) is 2.86. The second-order valence-corrected chi connectivity index (χ2v) is 6.79. The summed E-state index contributed by atoms with van der Waals surface area (Å²) in [6.07, 6.45) is 2.28. The Balaban J connectivity index is 1.79. The van der Waals surface area contributed by atoms with Gasteiger partial charge in [0.25, 0.3) is 0 Å². The molecule has 0 radical (unpaired) electrons. The fourth-order valence-corrected chi connectivity index (χ4v) is 3.39. The molecule has 28 heavy (non-hydrogen) atoms. The van der Waals surface area contributed by atoms with Crippen molar-refractivity contribution in [1.29, 1.82) is 0 Å². The van der Waals surface area contributed by atoms with E-state index in [0.29, 0.717) is 12.2 Å². The predicted molar refractivity (Wildman–Crippen MR) is 109 cm³/mol. The Hall–Kier alpha value is -3.28. The second-order valence-electron chi connectivity index (χ2n) is 6.79. The number of hydrogen-bond donors (Lipinski definition) is 3. The van der Waals surface area contributed by atoms with Gasteiger partial charge >= 0.3 is 0 Å². The molecule has 146 valence electrons. The van der Waals surface area contributed by atoms with Gasteiger partial charge in [0.2, 0.25) is 11.8 Å². The maximum atomic E-state index is 12.9. The van der Waals surface area contributed by atoms with Crippen LogP contribution in [-0.4, -0.2) is 29.9 Å². The van der Waals surface area contributed by atoms with Gasteiger partial charge in [-0.2, -0.15) is 0 Å². The molecular formula is C22H25N3O3. The topological polar surface area (TPSA) is 83.2 Å². The van der Waals surface area contributed by atoms with Crippen molar-refractivity contribution in [3.8, 4) is 5.75 Å². The number of fused-ring (bicyclic) bond motifs is 1. The normalized spacial score (nSPS) is 13.0. The molecule has 3 N–H and O–H groups in total. The molecule has 1 heterocycles. The van der Waals surface area contributed by atoms with E-state index in [4.69, 9.17) is 4.74 Å². The van der Waals surface area contributed by atoms with Gasteiger partial charge in [-0.15, -0.1) is 0 Å². The van der Waals surface area contributed by atoms with Crippen molar-refractivity contribution in [2.45, 2.75) is 32.4 Å². The molecule has 2 amide bonds. The van der Waals surface area contributed by atoms with Crippen LogP contribution in [0.15, 0.2) is 54.7 Å². The standard InChI is InChI=1S/C22H25N3O3/c1-14(17-8-5-7-11-21(17)28-3)24-22(27)20(25-15(2)26)12-16-13-23-19-10-6-4-9-18(16)19/h4-11,13-14,20,23H,12H2,1-3H3,(H,24,27)(H,25,26). The van der Waals surface area contributed by atoms with E-state index in [2.05, 4.69) is 15.6 Å². The predicted octanol–water partition coefficient (Wildman–Crippen LogP) is 3.10. The summed E-state index contributed by atoms with van der Waals surface area (Å²) in [6.45, 7) is 3.31. The van der Waals surface area contributed by atoms with Crippen molar-refractivity contribution >= 4 is 22.7 Å². The van der Waals surface area contributed by atoms with Gasteiger partial charge in [-0.3, -0.25) is 9.59 Å². The number of amides is 2. The van der Waals surface area contributed by atoms with E-state index in [1.54, 1.807) is 7.11 Å². The van der Waals surface area contributed by atoms with Crippen molar-refractivity contribution in [3.05, 3.63) is 65.9 Å². The number of ether oxygens (including phenoxy) is 1. The van der Waals surface area contributed by atoms with Gasteiger partial charge in [0, 0.05) is 36.0 Å². The molecule has 0 bridgehead atoms. The molecule has 2 aromatic carbocycles. The summed E-state index contributed by atoms with van der Waals surface area (Å²) in [7, 11) is 1.60. The zero-order valence-electron chi connectivity index (χ0n) is 16.3. The number of para-hydroxylation sites is 2. The van der Waals surface area contributed by atoms with Gasteiger partial charge in [-0.1, -0.05) is 36.4 Å². The molecule has 1 aromatic heterocycles. The lowest BCUT2D eigenvalue weighted by Crippen LogP contribution is -2.48. The molecule has 0 fully saturated rings. The number of benzene rings is 2. The lowest BCUT2D eigenvalue weighted by atomic mass is 10.0. The van der Waals surface area contributed by atoms with E-state index in [0.717, 1.165) is 22.0 Å². The first-order valence-corrected chi connectivity index (χ1v) is 9.25. The minimum atomic E-state index is -0.672. The number of H-pyrrole nitrogens is 1. The summed E-state index contributed by atoms with van der Waals surface area (Å²) in [5.74, 6) is 0.229. The number of carbonyl (C=O) groups is 2. The molecule has 0 saturated heterocycles. The SMILES string of the molecule is COc1ccccc1C(C)NC(=O)C(Cc1c[nH]c2ccccc12)NC(C)=O. The number of aromatic nitrogens is 1. The van der Waals surface area contributed by atoms with Crippen LogP contribution in [0.5, 0.6) is 5.75 Å². The molecule has 6 nitrogen and oxygen atoms in total. The van der Waals surface area contributed by atoms with E-state index in [1.165, 1.54) is 6.92 Å². The average Bonchev–Trinajstić information content (AvgIpc) is 3.10. The van der Waals surface area contributed by atoms with Crippen LogP contribution in [0.1, 0.15) is 31.0 Å². The first-order chi connectivity index (χ1) is 13.5. The monoisotopic (exact) mass is 379 g/mol. The lowest BCUT2D eigenvalue weighted by Gasteiger charge is -2.22. The number of rotatable bonds is 7. The fraction of sp³-hybridized carbons (Fsp3) is 0.273. The number of nitrogens with one attached hydrogen (secondary N) is 3. The highest BCUT2D eigenvalue weighted by atomic mass is 16.5. The van der Waals surface area contributed by atoms with Gasteiger partial charge in [0.1, 0.15) is 11.8 Å². The van der Waals surface area contributed by atoms with E-state index in [9.17, 15) is 9.59 Å². The van der Waals surface area contributed by atoms with Gasteiger partial charge in [0.05, 0.1) is 13.2 Å². The van der Waals surface area contributed by atoms with E-state index >= 15 is 0 Å². The molecule has 2 atom stereocenters. The molecule has 3 aromatic rings. The van der Waals surface area contributed by atoms with Crippen LogP contribution in [0, 0.1) is 0 Å². The summed E-state index contributed by atoms with van der Waals surface area (Å²) < 4.78 is 5.38. The Morgan fingerprint density at radius 2 is 1.79 bits per heavy atom. The highest BCUT2D eigenvalue weighted by molar-refractivity contribution is 5.89. The number of hydrogen-bond acceptors (Lipinski definition) is 3. The van der Waals surface area contributed by atoms with Crippen LogP contribution in [0.2, 0.25) is 0 Å². The maximum absolute atomic E-state index is 12.9. The minimum absolute atomic E-state index is 0.237. The van der Waals surface area contributed by atoms with E-state index in [-0.39, 0.29) is 17.9 Å². The van der Waals surface area contributed by atoms with Gasteiger partial charge in [0.15, 0.2) is 0 Å². The molecular weight excluding hydrogens is 354 g/mol. The van der Waals surface area contributed by atoms with Crippen LogP contribution in [0.25, 0.3) is 10.9 Å². The Kier molecular flexibility index (Phi) is 5.99. The van der Waals surface area contributed by atoms with Crippen LogP contribution < -0.4 is 15.4 Å². The quantitative estimate of drug-likeness (QED) is 0.590. The van der Waals surface area contributed by atoms with Gasteiger partial charge in [-0.25, -0.2) is 0 Å². The van der Waals surface area contributed by atoms with Crippen molar-refractivity contribution in [1.82, 2.24) is 15.6 Å². The maximum Gasteiger partial charge on any atom is 0.243 e. The highest BCUT2D eigenvalue weighted by Gasteiger charge is 2.24. The molecule has 0 spiro atoms.